The fourth-order valence-corrected chi connectivity index (χ4v) is 2.24. The second-order valence-corrected chi connectivity index (χ2v) is 4.86. The summed E-state index contributed by atoms with van der Waals surface area (Å²) in [6.07, 6.45) is 1.06. The van der Waals surface area contributed by atoms with Gasteiger partial charge >= 0.3 is 6.09 Å². The number of ether oxygens (including phenoxy) is 1. The van der Waals surface area contributed by atoms with Crippen molar-refractivity contribution >= 4 is 12.0 Å². The third kappa shape index (κ3) is 3.24. The van der Waals surface area contributed by atoms with Crippen molar-refractivity contribution in [2.75, 3.05) is 6.54 Å². The summed E-state index contributed by atoms with van der Waals surface area (Å²) in [6, 6.07) is 8.95. The lowest BCUT2D eigenvalue weighted by Gasteiger charge is -2.35. The first-order valence-corrected chi connectivity index (χ1v) is 6.40. The molecule has 1 aromatic carbocycles. The van der Waals surface area contributed by atoms with Gasteiger partial charge in [0.25, 0.3) is 0 Å². The van der Waals surface area contributed by atoms with E-state index in [0.29, 0.717) is 12.3 Å². The van der Waals surface area contributed by atoms with Crippen molar-refractivity contribution in [1.29, 1.82) is 0 Å². The van der Waals surface area contributed by atoms with Crippen molar-refractivity contribution in [1.82, 2.24) is 4.90 Å². The highest BCUT2D eigenvalue weighted by molar-refractivity contribution is 5.78. The molecule has 1 aliphatic rings. The van der Waals surface area contributed by atoms with E-state index in [1.807, 2.05) is 13.0 Å². The van der Waals surface area contributed by atoms with E-state index in [0.717, 1.165) is 12.8 Å². The first-order chi connectivity index (χ1) is 9.08. The number of para-hydroxylation sites is 1. The minimum Gasteiger partial charge on any atom is -0.410 e. The Morgan fingerprint density at radius 2 is 1.95 bits per heavy atom. The van der Waals surface area contributed by atoms with Crippen molar-refractivity contribution in [3.05, 3.63) is 30.3 Å². The van der Waals surface area contributed by atoms with Gasteiger partial charge in [-0.05, 0) is 31.9 Å². The topological polar surface area (TPSA) is 72.6 Å². The Hall–Kier alpha value is -2.04. The minimum absolute atomic E-state index is 0.0619. The van der Waals surface area contributed by atoms with Crippen LogP contribution in [0.3, 0.4) is 0 Å². The maximum atomic E-state index is 12.1. The van der Waals surface area contributed by atoms with Crippen LogP contribution in [0, 0.1) is 5.92 Å². The smallest absolute Gasteiger partial charge is 0.410 e. The van der Waals surface area contributed by atoms with Gasteiger partial charge in [-0.1, -0.05) is 18.2 Å². The van der Waals surface area contributed by atoms with E-state index >= 15 is 0 Å². The first kappa shape index (κ1) is 13.4. The monoisotopic (exact) mass is 262 g/mol. The molecular formula is C14H18N2O3. The SMILES string of the molecule is CC1CCC(C(N)=O)CN1C(=O)Oc1ccccc1. The lowest BCUT2D eigenvalue weighted by molar-refractivity contribution is -0.123. The van der Waals surface area contributed by atoms with Crippen LogP contribution < -0.4 is 10.5 Å². The second kappa shape index (κ2) is 5.73. The van der Waals surface area contributed by atoms with Gasteiger partial charge in [0, 0.05) is 12.6 Å². The third-order valence-corrected chi connectivity index (χ3v) is 3.47. The summed E-state index contributed by atoms with van der Waals surface area (Å²) in [5.41, 5.74) is 5.31. The Balaban J connectivity index is 2.02. The van der Waals surface area contributed by atoms with Gasteiger partial charge in [-0.15, -0.1) is 0 Å². The zero-order valence-electron chi connectivity index (χ0n) is 10.9. The molecule has 1 aliphatic heterocycles. The van der Waals surface area contributed by atoms with Crippen LogP contribution in [0.5, 0.6) is 5.75 Å². The van der Waals surface area contributed by atoms with E-state index in [-0.39, 0.29) is 17.9 Å². The summed E-state index contributed by atoms with van der Waals surface area (Å²) >= 11 is 0. The van der Waals surface area contributed by atoms with Crippen LogP contribution in [0.1, 0.15) is 19.8 Å². The number of amides is 2. The molecule has 2 amide bonds. The largest absolute Gasteiger partial charge is 0.415 e. The molecule has 0 saturated carbocycles. The van der Waals surface area contributed by atoms with Gasteiger partial charge in [0.15, 0.2) is 0 Å². The van der Waals surface area contributed by atoms with Gasteiger partial charge in [-0.2, -0.15) is 0 Å². The third-order valence-electron chi connectivity index (χ3n) is 3.47. The zero-order chi connectivity index (χ0) is 13.8. The highest BCUT2D eigenvalue weighted by Crippen LogP contribution is 2.23. The maximum absolute atomic E-state index is 12.1. The molecule has 5 heteroatoms. The van der Waals surface area contributed by atoms with E-state index in [2.05, 4.69) is 0 Å². The Morgan fingerprint density at radius 1 is 1.26 bits per heavy atom. The number of rotatable bonds is 2. The lowest BCUT2D eigenvalue weighted by Crippen LogP contribution is -2.49. The molecule has 0 aliphatic carbocycles. The summed E-state index contributed by atoms with van der Waals surface area (Å²) in [7, 11) is 0. The van der Waals surface area contributed by atoms with Crippen molar-refractivity contribution < 1.29 is 14.3 Å². The average Bonchev–Trinajstić information content (AvgIpc) is 2.40. The van der Waals surface area contributed by atoms with E-state index in [4.69, 9.17) is 10.5 Å². The number of hydrogen-bond acceptors (Lipinski definition) is 3. The standard InChI is InChI=1S/C14H18N2O3/c1-10-7-8-11(13(15)17)9-16(10)14(18)19-12-5-3-2-4-6-12/h2-6,10-11H,7-9H2,1H3,(H2,15,17). The van der Waals surface area contributed by atoms with Gasteiger partial charge in [-0.3, -0.25) is 4.79 Å². The van der Waals surface area contributed by atoms with Gasteiger partial charge in [0.05, 0.1) is 5.92 Å². The van der Waals surface area contributed by atoms with Crippen molar-refractivity contribution in [2.24, 2.45) is 11.7 Å². The summed E-state index contributed by atoms with van der Waals surface area (Å²) in [6.45, 7) is 2.28. The molecule has 1 aromatic rings. The highest BCUT2D eigenvalue weighted by atomic mass is 16.6. The molecule has 0 radical (unpaired) electrons. The zero-order valence-corrected chi connectivity index (χ0v) is 10.9. The fraction of sp³-hybridized carbons (Fsp3) is 0.429. The molecule has 2 atom stereocenters. The highest BCUT2D eigenvalue weighted by Gasteiger charge is 2.32. The number of benzene rings is 1. The molecular weight excluding hydrogens is 244 g/mol. The molecule has 2 rings (SSSR count). The van der Waals surface area contributed by atoms with Crippen LogP contribution in [0.2, 0.25) is 0 Å². The minimum atomic E-state index is -0.426. The van der Waals surface area contributed by atoms with Crippen LogP contribution in [-0.4, -0.2) is 29.5 Å². The van der Waals surface area contributed by atoms with Gasteiger partial charge in [0.1, 0.15) is 5.75 Å². The predicted molar refractivity (Wildman–Crippen MR) is 70.6 cm³/mol. The molecule has 5 nitrogen and oxygen atoms in total. The van der Waals surface area contributed by atoms with Crippen molar-refractivity contribution in [2.45, 2.75) is 25.8 Å². The number of primary amides is 1. The number of nitrogens with two attached hydrogens (primary N) is 1. The second-order valence-electron chi connectivity index (χ2n) is 4.86. The van der Waals surface area contributed by atoms with Crippen LogP contribution in [0.15, 0.2) is 30.3 Å². The maximum Gasteiger partial charge on any atom is 0.415 e. The number of likely N-dealkylation sites (tertiary alicyclic amines) is 1. The number of nitrogens with zero attached hydrogens (tertiary/aromatic N) is 1. The number of piperidine rings is 1. The number of carbonyl (C=O) groups is 2. The molecule has 1 heterocycles. The summed E-state index contributed by atoms with van der Waals surface area (Å²) in [5.74, 6) is -0.134. The van der Waals surface area contributed by atoms with Crippen molar-refractivity contribution in [3.8, 4) is 5.75 Å². The van der Waals surface area contributed by atoms with E-state index in [9.17, 15) is 9.59 Å². The van der Waals surface area contributed by atoms with Crippen molar-refractivity contribution in [3.63, 3.8) is 0 Å². The number of hydrogen-bond donors (Lipinski definition) is 1. The summed E-state index contributed by atoms with van der Waals surface area (Å²) in [5, 5.41) is 0. The van der Waals surface area contributed by atoms with E-state index in [1.54, 1.807) is 29.2 Å². The molecule has 19 heavy (non-hydrogen) atoms. The Labute approximate surface area is 112 Å². The average molecular weight is 262 g/mol. The van der Waals surface area contributed by atoms with Gasteiger partial charge < -0.3 is 15.4 Å². The normalized spacial score (nSPS) is 22.9. The Bertz CT molecular complexity index is 461. The molecule has 2 unspecified atom stereocenters. The van der Waals surface area contributed by atoms with E-state index in [1.165, 1.54) is 0 Å². The Morgan fingerprint density at radius 3 is 2.58 bits per heavy atom. The van der Waals surface area contributed by atoms with E-state index < -0.39 is 6.09 Å². The Kier molecular flexibility index (Phi) is 4.04. The first-order valence-electron chi connectivity index (χ1n) is 6.40. The van der Waals surface area contributed by atoms with Crippen LogP contribution in [0.25, 0.3) is 0 Å². The van der Waals surface area contributed by atoms with Crippen LogP contribution in [-0.2, 0) is 4.79 Å². The van der Waals surface area contributed by atoms with Gasteiger partial charge in [0.2, 0.25) is 5.91 Å². The summed E-state index contributed by atoms with van der Waals surface area (Å²) in [4.78, 5) is 24.9. The fourth-order valence-electron chi connectivity index (χ4n) is 2.24. The van der Waals surface area contributed by atoms with Gasteiger partial charge in [-0.25, -0.2) is 4.79 Å². The quantitative estimate of drug-likeness (QED) is 0.882. The number of carbonyl (C=O) groups excluding carboxylic acids is 2. The summed E-state index contributed by atoms with van der Waals surface area (Å²) < 4.78 is 5.29. The molecule has 2 N–H and O–H groups in total. The molecule has 0 spiro atoms. The predicted octanol–water partition coefficient (Wildman–Crippen LogP) is 1.77. The molecule has 0 aromatic heterocycles. The molecule has 1 saturated heterocycles. The van der Waals surface area contributed by atoms with Crippen LogP contribution >= 0.6 is 0 Å². The van der Waals surface area contributed by atoms with Crippen LogP contribution in [0.4, 0.5) is 4.79 Å². The lowest BCUT2D eigenvalue weighted by atomic mass is 9.93. The molecule has 0 bridgehead atoms. The molecule has 1 fully saturated rings. The molecule has 102 valence electrons.